The molecule has 1 atom stereocenters. The van der Waals surface area contributed by atoms with Gasteiger partial charge in [-0.1, -0.05) is 11.6 Å². The lowest BCUT2D eigenvalue weighted by Crippen LogP contribution is -2.30. The van der Waals surface area contributed by atoms with Crippen molar-refractivity contribution in [3.63, 3.8) is 0 Å². The molecule has 0 saturated heterocycles. The van der Waals surface area contributed by atoms with E-state index in [1.807, 2.05) is 0 Å². The molecule has 3 rings (SSSR count). The fourth-order valence-corrected chi connectivity index (χ4v) is 3.01. The monoisotopic (exact) mass is 433 g/mol. The third-order valence-corrected chi connectivity index (χ3v) is 4.71. The Morgan fingerprint density at radius 1 is 1.31 bits per heavy atom. The van der Waals surface area contributed by atoms with Crippen LogP contribution in [-0.2, 0) is 9.53 Å². The molecule has 2 aromatic heterocycles. The molecule has 0 aliphatic heterocycles. The summed E-state index contributed by atoms with van der Waals surface area (Å²) in [4.78, 5) is 47.0. The molecule has 3 aromatic rings. The Morgan fingerprint density at radius 3 is 2.72 bits per heavy atom. The SMILES string of the molecule is CC(OC(=O)c1csc(-c2ncccn2)n1)C(=O)Nc1cc([N+](=O)[O-])ccc1Cl. The van der Waals surface area contributed by atoms with Gasteiger partial charge in [-0.05, 0) is 19.1 Å². The van der Waals surface area contributed by atoms with E-state index in [1.54, 1.807) is 18.5 Å². The Labute approximate surface area is 172 Å². The minimum Gasteiger partial charge on any atom is -0.448 e. The molecule has 10 nitrogen and oxygen atoms in total. The van der Waals surface area contributed by atoms with Gasteiger partial charge in [0, 0.05) is 29.9 Å². The standard InChI is InChI=1S/C17H12ClN5O5S/c1-9(15(24)21-12-7-10(23(26)27)3-4-11(12)18)28-17(25)13-8-29-16(22-13)14-19-5-2-6-20-14/h2-9H,1H3,(H,21,24). The van der Waals surface area contributed by atoms with Gasteiger partial charge in [0.15, 0.2) is 22.6 Å². The Kier molecular flexibility index (Phi) is 6.10. The topological polar surface area (TPSA) is 137 Å². The summed E-state index contributed by atoms with van der Waals surface area (Å²) in [5.74, 6) is -1.15. The molecule has 0 saturated carbocycles. The second kappa shape index (κ2) is 8.71. The first-order valence-electron chi connectivity index (χ1n) is 8.04. The van der Waals surface area contributed by atoms with Crippen LogP contribution >= 0.6 is 22.9 Å². The minimum atomic E-state index is -1.20. The Morgan fingerprint density at radius 2 is 2.03 bits per heavy atom. The average Bonchev–Trinajstić information content (AvgIpc) is 3.20. The molecule has 1 aromatic carbocycles. The first kappa shape index (κ1) is 20.3. The molecule has 2 heterocycles. The molecule has 0 radical (unpaired) electrons. The van der Waals surface area contributed by atoms with Crippen LogP contribution in [0.1, 0.15) is 17.4 Å². The maximum Gasteiger partial charge on any atom is 0.358 e. The number of carbonyl (C=O) groups is 2. The number of carbonyl (C=O) groups excluding carboxylic acids is 2. The predicted octanol–water partition coefficient (Wildman–Crippen LogP) is 3.35. The van der Waals surface area contributed by atoms with Crippen molar-refractivity contribution in [2.24, 2.45) is 0 Å². The van der Waals surface area contributed by atoms with Crippen LogP contribution in [0.2, 0.25) is 5.02 Å². The molecule has 0 aliphatic rings. The van der Waals surface area contributed by atoms with Gasteiger partial charge in [-0.2, -0.15) is 0 Å². The zero-order valence-corrected chi connectivity index (χ0v) is 16.3. The number of nitro benzene ring substituents is 1. The quantitative estimate of drug-likeness (QED) is 0.355. The van der Waals surface area contributed by atoms with E-state index < -0.39 is 22.9 Å². The summed E-state index contributed by atoms with van der Waals surface area (Å²) in [5, 5.41) is 15.3. The first-order chi connectivity index (χ1) is 13.8. The van der Waals surface area contributed by atoms with E-state index >= 15 is 0 Å². The van der Waals surface area contributed by atoms with E-state index in [4.69, 9.17) is 16.3 Å². The molecule has 0 fully saturated rings. The summed E-state index contributed by atoms with van der Waals surface area (Å²) in [5.41, 5.74) is -0.205. The van der Waals surface area contributed by atoms with Crippen LogP contribution in [0.4, 0.5) is 11.4 Å². The Bertz CT molecular complexity index is 1080. The number of esters is 1. The van der Waals surface area contributed by atoms with Crippen molar-refractivity contribution in [1.29, 1.82) is 0 Å². The number of hydrogen-bond donors (Lipinski definition) is 1. The van der Waals surface area contributed by atoms with Crippen molar-refractivity contribution in [3.8, 4) is 10.8 Å². The number of nitrogens with one attached hydrogen (secondary N) is 1. The summed E-state index contributed by atoms with van der Waals surface area (Å²) >= 11 is 7.10. The molecule has 12 heteroatoms. The number of halogens is 1. The van der Waals surface area contributed by atoms with Gasteiger partial charge in [0.05, 0.1) is 15.6 Å². The minimum absolute atomic E-state index is 0.00508. The van der Waals surface area contributed by atoms with Crippen LogP contribution in [0.5, 0.6) is 0 Å². The van der Waals surface area contributed by atoms with Crippen LogP contribution < -0.4 is 5.32 Å². The van der Waals surface area contributed by atoms with Gasteiger partial charge >= 0.3 is 5.97 Å². The van der Waals surface area contributed by atoms with Crippen LogP contribution in [0.15, 0.2) is 42.0 Å². The normalized spacial score (nSPS) is 11.5. The highest BCUT2D eigenvalue weighted by Gasteiger charge is 2.23. The fraction of sp³-hybridized carbons (Fsp3) is 0.118. The van der Waals surface area contributed by atoms with Gasteiger partial charge < -0.3 is 10.1 Å². The van der Waals surface area contributed by atoms with E-state index in [2.05, 4.69) is 20.3 Å². The number of aromatic nitrogens is 3. The Hall–Kier alpha value is -3.44. The number of rotatable bonds is 6. The molecular formula is C17H12ClN5O5S. The molecule has 148 valence electrons. The molecule has 0 aliphatic carbocycles. The van der Waals surface area contributed by atoms with Crippen LogP contribution in [-0.4, -0.2) is 37.9 Å². The van der Waals surface area contributed by atoms with Gasteiger partial charge in [-0.15, -0.1) is 11.3 Å². The second-order valence-corrected chi connectivity index (χ2v) is 6.83. The fourth-order valence-electron chi connectivity index (χ4n) is 2.11. The molecule has 0 bridgehead atoms. The number of thiazole rings is 1. The first-order valence-corrected chi connectivity index (χ1v) is 9.29. The van der Waals surface area contributed by atoms with Gasteiger partial charge in [0.25, 0.3) is 11.6 Å². The van der Waals surface area contributed by atoms with Crippen molar-refractivity contribution < 1.29 is 19.2 Å². The smallest absolute Gasteiger partial charge is 0.358 e. The molecule has 1 unspecified atom stereocenters. The van der Waals surface area contributed by atoms with E-state index in [9.17, 15) is 19.7 Å². The molecule has 1 N–H and O–H groups in total. The molecular weight excluding hydrogens is 422 g/mol. The lowest BCUT2D eigenvalue weighted by molar-refractivity contribution is -0.384. The third kappa shape index (κ3) is 4.89. The summed E-state index contributed by atoms with van der Waals surface area (Å²) < 4.78 is 5.11. The number of non-ortho nitro benzene ring substituents is 1. The van der Waals surface area contributed by atoms with Crippen LogP contribution in [0.3, 0.4) is 0 Å². The third-order valence-electron chi connectivity index (χ3n) is 3.54. The molecule has 29 heavy (non-hydrogen) atoms. The molecule has 1 amide bonds. The number of nitro groups is 1. The Balaban J connectivity index is 1.66. The summed E-state index contributed by atoms with van der Waals surface area (Å²) in [6.07, 6.45) is 1.90. The van der Waals surface area contributed by atoms with Gasteiger partial charge in [-0.3, -0.25) is 14.9 Å². The van der Waals surface area contributed by atoms with Crippen molar-refractivity contribution in [2.45, 2.75) is 13.0 Å². The largest absolute Gasteiger partial charge is 0.448 e. The van der Waals surface area contributed by atoms with Crippen LogP contribution in [0.25, 0.3) is 10.8 Å². The molecule has 0 spiro atoms. The maximum atomic E-state index is 12.3. The number of anilines is 1. The number of amides is 1. The lowest BCUT2D eigenvalue weighted by atomic mass is 10.2. The highest BCUT2D eigenvalue weighted by atomic mass is 35.5. The van der Waals surface area contributed by atoms with Gasteiger partial charge in [-0.25, -0.2) is 19.7 Å². The number of hydrogen-bond acceptors (Lipinski definition) is 9. The summed E-state index contributed by atoms with van der Waals surface area (Å²) in [7, 11) is 0. The number of ether oxygens (including phenoxy) is 1. The van der Waals surface area contributed by atoms with Crippen molar-refractivity contribution >= 4 is 46.2 Å². The van der Waals surface area contributed by atoms with Crippen LogP contribution in [0, 0.1) is 10.1 Å². The van der Waals surface area contributed by atoms with Crippen molar-refractivity contribution in [3.05, 3.63) is 62.9 Å². The summed E-state index contributed by atoms with van der Waals surface area (Å²) in [6.45, 7) is 1.35. The lowest BCUT2D eigenvalue weighted by Gasteiger charge is -2.13. The summed E-state index contributed by atoms with van der Waals surface area (Å²) in [6, 6.07) is 5.26. The van der Waals surface area contributed by atoms with E-state index in [1.165, 1.54) is 24.4 Å². The predicted molar refractivity (Wildman–Crippen MR) is 105 cm³/mol. The van der Waals surface area contributed by atoms with Gasteiger partial charge in [0.1, 0.15) is 0 Å². The van der Waals surface area contributed by atoms with Crippen molar-refractivity contribution in [1.82, 2.24) is 15.0 Å². The second-order valence-electron chi connectivity index (χ2n) is 5.57. The number of benzene rings is 1. The van der Waals surface area contributed by atoms with E-state index in [0.717, 1.165) is 17.4 Å². The van der Waals surface area contributed by atoms with Gasteiger partial charge in [0.2, 0.25) is 0 Å². The maximum absolute atomic E-state index is 12.3. The highest BCUT2D eigenvalue weighted by Crippen LogP contribution is 2.27. The highest BCUT2D eigenvalue weighted by molar-refractivity contribution is 7.13. The number of nitrogens with zero attached hydrogens (tertiary/aromatic N) is 4. The zero-order valence-electron chi connectivity index (χ0n) is 14.7. The van der Waals surface area contributed by atoms with Crippen molar-refractivity contribution in [2.75, 3.05) is 5.32 Å². The van der Waals surface area contributed by atoms with E-state index in [-0.39, 0.29) is 22.1 Å². The zero-order chi connectivity index (χ0) is 21.0. The van der Waals surface area contributed by atoms with E-state index in [0.29, 0.717) is 10.8 Å². The average molecular weight is 434 g/mol.